The number of nitrogens with zero attached hydrogens (tertiary/aromatic N) is 2. The minimum atomic E-state index is -1.87. The van der Waals surface area contributed by atoms with Crippen LogP contribution in [0, 0.1) is 35.3 Å². The molecule has 14 heteroatoms. The molecule has 5 unspecified atom stereocenters. The van der Waals surface area contributed by atoms with Crippen LogP contribution in [-0.2, 0) is 38.1 Å². The van der Waals surface area contributed by atoms with Gasteiger partial charge in [-0.1, -0.05) is 45.9 Å². The fraction of sp³-hybridized carbons (Fsp3) is 0.674. The summed E-state index contributed by atoms with van der Waals surface area (Å²) in [6.07, 6.45) is -0.566. The SMILES string of the molecule is CC[C@H]1OC(=O)[C@H](C)C(=O)[C@H](C)C(O[C@@H]2O[C@H](C)C[C@H](N(C)C)C2O)[C@@]2(C)CC(C)C(=NC(C)=O)C(C)C(OC/C(=C/C=C/c3ccc(F)cc3F)CO2)[C@]1(C)O. The topological polar surface area (TPSA) is 153 Å². The van der Waals surface area contributed by atoms with E-state index in [1.54, 1.807) is 39.8 Å². The monoisotopic (exact) mass is 804 g/mol. The van der Waals surface area contributed by atoms with Gasteiger partial charge in [-0.05, 0) is 84.7 Å². The Bertz CT molecular complexity index is 1700. The van der Waals surface area contributed by atoms with Gasteiger partial charge in [0, 0.05) is 42.1 Å². The van der Waals surface area contributed by atoms with Crippen molar-refractivity contribution < 1.29 is 57.1 Å². The first kappa shape index (κ1) is 46.4. The number of Topliss-reactive ketones (excluding diaryl/α,β-unsaturated/α-hetero) is 1. The number of benzene rings is 1. The summed E-state index contributed by atoms with van der Waals surface area (Å²) in [6.45, 7) is 14.7. The van der Waals surface area contributed by atoms with Gasteiger partial charge in [-0.25, -0.2) is 13.8 Å². The van der Waals surface area contributed by atoms with Gasteiger partial charge in [0.05, 0.1) is 37.1 Å². The van der Waals surface area contributed by atoms with Crippen LogP contribution < -0.4 is 0 Å². The lowest BCUT2D eigenvalue weighted by atomic mass is 9.73. The van der Waals surface area contributed by atoms with Crippen LogP contribution >= 0.6 is 0 Å². The summed E-state index contributed by atoms with van der Waals surface area (Å²) >= 11 is 0. The van der Waals surface area contributed by atoms with Crippen molar-refractivity contribution in [3.63, 3.8) is 0 Å². The molecule has 3 aliphatic heterocycles. The number of cyclic esters (lactones) is 1. The highest BCUT2D eigenvalue weighted by atomic mass is 19.1. The fourth-order valence-electron chi connectivity index (χ4n) is 8.59. The van der Waals surface area contributed by atoms with E-state index in [4.69, 9.17) is 23.7 Å². The zero-order chi connectivity index (χ0) is 42.6. The van der Waals surface area contributed by atoms with E-state index >= 15 is 0 Å². The van der Waals surface area contributed by atoms with E-state index in [1.165, 1.54) is 32.9 Å². The minimum Gasteiger partial charge on any atom is -0.459 e. The van der Waals surface area contributed by atoms with E-state index < -0.39 is 94.9 Å². The van der Waals surface area contributed by atoms with Gasteiger partial charge in [-0.2, -0.15) is 0 Å². The summed E-state index contributed by atoms with van der Waals surface area (Å²) in [5, 5.41) is 24.0. The number of esters is 1. The molecular weight excluding hydrogens is 742 g/mol. The number of carbonyl (C=O) groups excluding carboxylic acids is 3. The summed E-state index contributed by atoms with van der Waals surface area (Å²) < 4.78 is 60.6. The molecule has 1 amide bonds. The van der Waals surface area contributed by atoms with Crippen LogP contribution in [0.5, 0.6) is 0 Å². The Morgan fingerprint density at radius 3 is 2.39 bits per heavy atom. The van der Waals surface area contributed by atoms with E-state index in [2.05, 4.69) is 4.99 Å². The first-order valence-electron chi connectivity index (χ1n) is 19.9. The van der Waals surface area contributed by atoms with Crippen LogP contribution in [0.3, 0.4) is 0 Å². The third-order valence-electron chi connectivity index (χ3n) is 11.7. The Labute approximate surface area is 335 Å². The molecule has 1 aromatic rings. The molecule has 1 aromatic carbocycles. The average molecular weight is 805 g/mol. The number of rotatable bonds is 6. The van der Waals surface area contributed by atoms with Crippen LogP contribution in [0.4, 0.5) is 8.78 Å². The molecule has 3 saturated heterocycles. The van der Waals surface area contributed by atoms with Gasteiger partial charge in [0.1, 0.15) is 35.4 Å². The Morgan fingerprint density at radius 1 is 1.09 bits per heavy atom. The molecule has 0 aliphatic carbocycles. The molecule has 12 nitrogen and oxygen atoms in total. The van der Waals surface area contributed by atoms with Crippen molar-refractivity contribution >= 4 is 29.4 Å². The van der Waals surface area contributed by atoms with Gasteiger partial charge in [0.25, 0.3) is 0 Å². The van der Waals surface area contributed by atoms with Gasteiger partial charge in [0.15, 0.2) is 12.1 Å². The van der Waals surface area contributed by atoms with Gasteiger partial charge < -0.3 is 38.8 Å². The molecule has 0 radical (unpaired) electrons. The Kier molecular flexibility index (Phi) is 15.7. The molecule has 3 fully saturated rings. The van der Waals surface area contributed by atoms with Gasteiger partial charge in [-0.15, -0.1) is 0 Å². The summed E-state index contributed by atoms with van der Waals surface area (Å²) in [5.74, 6) is -6.91. The lowest BCUT2D eigenvalue weighted by Crippen LogP contribution is -2.60. The number of aliphatic hydroxyl groups is 2. The molecule has 4 rings (SSSR count). The largest absolute Gasteiger partial charge is 0.459 e. The molecule has 57 heavy (non-hydrogen) atoms. The molecule has 0 spiro atoms. The Hall–Kier alpha value is -3.24. The highest BCUT2D eigenvalue weighted by molar-refractivity contribution is 6.00. The molecule has 318 valence electrons. The fourth-order valence-corrected chi connectivity index (χ4v) is 8.59. The number of hydrogen-bond donors (Lipinski definition) is 2. The van der Waals surface area contributed by atoms with E-state index in [9.17, 15) is 33.4 Å². The van der Waals surface area contributed by atoms with E-state index in [-0.39, 0.29) is 43.8 Å². The molecule has 3 heterocycles. The summed E-state index contributed by atoms with van der Waals surface area (Å²) in [5.41, 5.74) is -2.22. The molecule has 2 bridgehead atoms. The van der Waals surface area contributed by atoms with Crippen LogP contribution in [0.2, 0.25) is 0 Å². The molecule has 13 atom stereocenters. The van der Waals surface area contributed by atoms with Crippen molar-refractivity contribution in [2.24, 2.45) is 28.7 Å². The third-order valence-corrected chi connectivity index (χ3v) is 11.7. The van der Waals surface area contributed by atoms with Crippen LogP contribution in [0.1, 0.15) is 87.1 Å². The number of hydrogen-bond acceptors (Lipinski definition) is 11. The number of aliphatic imine (C=N–C) groups is 1. The predicted octanol–water partition coefficient (Wildman–Crippen LogP) is 5.47. The smallest absolute Gasteiger partial charge is 0.316 e. The summed E-state index contributed by atoms with van der Waals surface area (Å²) in [6, 6.07) is 2.91. The van der Waals surface area contributed by atoms with Crippen molar-refractivity contribution in [1.29, 1.82) is 0 Å². The minimum absolute atomic E-state index is 0.115. The maximum atomic E-state index is 14.6. The van der Waals surface area contributed by atoms with Gasteiger partial charge in [0.2, 0.25) is 5.91 Å². The quantitative estimate of drug-likeness (QED) is 0.278. The van der Waals surface area contributed by atoms with Crippen molar-refractivity contribution in [2.45, 2.75) is 136 Å². The highest BCUT2D eigenvalue weighted by Crippen LogP contribution is 2.40. The van der Waals surface area contributed by atoms with Gasteiger partial charge >= 0.3 is 5.97 Å². The number of fused-ring (bicyclic) bond motifs is 5. The van der Waals surface area contributed by atoms with E-state index in [0.29, 0.717) is 17.7 Å². The van der Waals surface area contributed by atoms with Crippen molar-refractivity contribution in [3.8, 4) is 0 Å². The Balaban J connectivity index is 1.98. The number of likely N-dealkylation sites (N-methyl/N-ethyl adjacent to an activating group) is 1. The van der Waals surface area contributed by atoms with Crippen molar-refractivity contribution in [2.75, 3.05) is 27.3 Å². The number of ketones is 1. The maximum absolute atomic E-state index is 14.6. The Morgan fingerprint density at radius 2 is 1.77 bits per heavy atom. The van der Waals surface area contributed by atoms with E-state index in [1.807, 2.05) is 32.8 Å². The van der Waals surface area contributed by atoms with Crippen molar-refractivity contribution in [3.05, 3.63) is 53.1 Å². The number of halogens is 2. The second kappa shape index (κ2) is 19.2. The van der Waals surface area contributed by atoms with Crippen LogP contribution in [0.25, 0.3) is 6.08 Å². The molecule has 0 saturated carbocycles. The highest BCUT2D eigenvalue weighted by Gasteiger charge is 2.53. The summed E-state index contributed by atoms with van der Waals surface area (Å²) in [7, 11) is 3.70. The zero-order valence-corrected chi connectivity index (χ0v) is 35.2. The number of amides is 1. The van der Waals surface area contributed by atoms with Crippen molar-refractivity contribution in [1.82, 2.24) is 4.90 Å². The average Bonchev–Trinajstić information content (AvgIpc) is 3.14. The lowest BCUT2D eigenvalue weighted by molar-refractivity contribution is -0.296. The molecule has 3 aliphatic rings. The number of ether oxygens (including phenoxy) is 5. The standard InChI is InChI=1S/C43H62F2N2O10/c1-12-34-43(9,52)39-25(4)35(46-28(7)48)23(2)20-42(8,54-22-29(21-53-39)14-13-15-30-16-17-31(44)19-32(30)45)38(26(5)36(49)27(6)40(51)56-34)57-41-37(50)33(47(10)11)18-24(3)55-41/h13-17,19,23-27,33-34,37-39,41,50,52H,12,18,20-22H2,1-11H3/b15-13+,29-14-,46-35?/t23?,24-,25?,26+,27-,33+,34-,37?,38?,39?,41+,42-,43-/m1/s1. The summed E-state index contributed by atoms with van der Waals surface area (Å²) in [4.78, 5) is 47.4. The second-order valence-electron chi connectivity index (χ2n) is 16.7. The third kappa shape index (κ3) is 10.9. The van der Waals surface area contributed by atoms with Crippen LogP contribution in [0.15, 0.2) is 40.9 Å². The lowest BCUT2D eigenvalue weighted by Gasteiger charge is -2.47. The number of carbonyl (C=O) groups is 3. The first-order valence-corrected chi connectivity index (χ1v) is 19.9. The first-order chi connectivity index (χ1) is 26.6. The maximum Gasteiger partial charge on any atom is 0.316 e. The predicted molar refractivity (Wildman–Crippen MR) is 210 cm³/mol. The van der Waals surface area contributed by atoms with Gasteiger partial charge in [-0.3, -0.25) is 14.4 Å². The van der Waals surface area contributed by atoms with E-state index in [0.717, 1.165) is 12.1 Å². The number of allylic oxidation sites excluding steroid dienone is 2. The molecule has 0 aromatic heterocycles. The second-order valence-corrected chi connectivity index (χ2v) is 16.7. The molecular formula is C43H62F2N2O10. The molecule has 2 N–H and O–H groups in total. The zero-order valence-electron chi connectivity index (χ0n) is 35.2. The normalized spacial score (nSPS) is 39.2. The van der Waals surface area contributed by atoms with Crippen LogP contribution in [-0.4, -0.2) is 120 Å². The number of aliphatic hydroxyl groups excluding tert-OH is 1.